The van der Waals surface area contributed by atoms with Crippen molar-refractivity contribution in [2.75, 3.05) is 7.11 Å². The van der Waals surface area contributed by atoms with Gasteiger partial charge in [0.1, 0.15) is 0 Å². The molecule has 1 heterocycles. The fourth-order valence-electron chi connectivity index (χ4n) is 0.943. The maximum atomic E-state index is 10.9. The molecule has 0 fully saturated rings. The Hall–Kier alpha value is -1.38. The largest absolute Gasteiger partial charge is 0.464 e. The summed E-state index contributed by atoms with van der Waals surface area (Å²) >= 11 is 0. The first-order valence-corrected chi connectivity index (χ1v) is 3.76. The SMILES string of the molecule is COC(=O)C[n+]1ccccc1C. The number of aryl methyl sites for hydroxylation is 1. The first-order chi connectivity index (χ1) is 5.74. The van der Waals surface area contributed by atoms with E-state index in [1.807, 2.05) is 35.9 Å². The molecule has 0 aliphatic rings. The van der Waals surface area contributed by atoms with Gasteiger partial charge in [-0.1, -0.05) is 6.07 Å². The zero-order chi connectivity index (χ0) is 8.97. The van der Waals surface area contributed by atoms with Crippen LogP contribution in [-0.2, 0) is 16.1 Å². The van der Waals surface area contributed by atoms with Gasteiger partial charge in [0, 0.05) is 19.1 Å². The molecule has 0 spiro atoms. The summed E-state index contributed by atoms with van der Waals surface area (Å²) in [6.07, 6.45) is 1.85. The summed E-state index contributed by atoms with van der Waals surface area (Å²) in [5, 5.41) is 0. The van der Waals surface area contributed by atoms with Gasteiger partial charge in [0.15, 0.2) is 11.9 Å². The molecule has 0 unspecified atom stereocenters. The number of hydrogen-bond acceptors (Lipinski definition) is 2. The van der Waals surface area contributed by atoms with Crippen molar-refractivity contribution in [2.45, 2.75) is 13.5 Å². The van der Waals surface area contributed by atoms with Crippen molar-refractivity contribution < 1.29 is 14.1 Å². The smallest absolute Gasteiger partial charge is 0.372 e. The zero-order valence-corrected chi connectivity index (χ0v) is 7.28. The molecule has 0 aliphatic heterocycles. The Balaban J connectivity index is 2.75. The standard InChI is InChI=1S/C9H12NO2/c1-8-5-3-4-6-10(8)7-9(11)12-2/h3-6H,7H2,1-2H3/q+1. The van der Waals surface area contributed by atoms with Crippen LogP contribution in [0.2, 0.25) is 0 Å². The quantitative estimate of drug-likeness (QED) is 0.472. The normalized spacial score (nSPS) is 9.50. The van der Waals surface area contributed by atoms with Crippen LogP contribution >= 0.6 is 0 Å². The second-order valence-electron chi connectivity index (χ2n) is 2.55. The van der Waals surface area contributed by atoms with E-state index in [-0.39, 0.29) is 12.5 Å². The molecule has 0 aliphatic carbocycles. The van der Waals surface area contributed by atoms with E-state index >= 15 is 0 Å². The number of rotatable bonds is 2. The number of esters is 1. The molecule has 1 aromatic heterocycles. The number of pyridine rings is 1. The number of ether oxygens (including phenoxy) is 1. The number of aromatic nitrogens is 1. The lowest BCUT2D eigenvalue weighted by atomic mass is 10.3. The summed E-state index contributed by atoms with van der Waals surface area (Å²) in [5.41, 5.74) is 1.04. The lowest BCUT2D eigenvalue weighted by Crippen LogP contribution is -2.40. The van der Waals surface area contributed by atoms with Crippen molar-refractivity contribution in [3.63, 3.8) is 0 Å². The maximum absolute atomic E-state index is 10.9. The van der Waals surface area contributed by atoms with Gasteiger partial charge >= 0.3 is 5.97 Å². The number of hydrogen-bond donors (Lipinski definition) is 0. The van der Waals surface area contributed by atoms with Crippen molar-refractivity contribution in [2.24, 2.45) is 0 Å². The first-order valence-electron chi connectivity index (χ1n) is 3.76. The van der Waals surface area contributed by atoms with Crippen LogP contribution < -0.4 is 4.57 Å². The number of carbonyl (C=O) groups excluding carboxylic acids is 1. The molecule has 3 nitrogen and oxygen atoms in total. The molecule has 0 atom stereocenters. The van der Waals surface area contributed by atoms with Crippen LogP contribution in [0.25, 0.3) is 0 Å². The van der Waals surface area contributed by atoms with Gasteiger partial charge in [-0.05, 0) is 0 Å². The van der Waals surface area contributed by atoms with Crippen LogP contribution in [0.3, 0.4) is 0 Å². The molecule has 1 rings (SSSR count). The fourth-order valence-corrected chi connectivity index (χ4v) is 0.943. The van der Waals surface area contributed by atoms with Gasteiger partial charge in [0.05, 0.1) is 7.11 Å². The topological polar surface area (TPSA) is 30.2 Å². The average Bonchev–Trinajstić information content (AvgIpc) is 2.09. The highest BCUT2D eigenvalue weighted by atomic mass is 16.5. The van der Waals surface area contributed by atoms with Crippen molar-refractivity contribution in [3.05, 3.63) is 30.1 Å². The third kappa shape index (κ3) is 2.05. The molecule has 0 radical (unpaired) electrons. The monoisotopic (exact) mass is 166 g/mol. The average molecular weight is 166 g/mol. The zero-order valence-electron chi connectivity index (χ0n) is 7.28. The van der Waals surface area contributed by atoms with E-state index < -0.39 is 0 Å². The van der Waals surface area contributed by atoms with Gasteiger partial charge in [0.25, 0.3) is 0 Å². The van der Waals surface area contributed by atoms with Crippen LogP contribution in [-0.4, -0.2) is 13.1 Å². The minimum Gasteiger partial charge on any atom is -0.464 e. The van der Waals surface area contributed by atoms with Crippen LogP contribution in [0.5, 0.6) is 0 Å². The van der Waals surface area contributed by atoms with Gasteiger partial charge in [-0.25, -0.2) is 4.79 Å². The molecule has 1 aromatic rings. The van der Waals surface area contributed by atoms with E-state index in [1.54, 1.807) is 0 Å². The number of nitrogens with zero attached hydrogens (tertiary/aromatic N) is 1. The molecular weight excluding hydrogens is 154 g/mol. The number of carbonyl (C=O) groups is 1. The van der Waals surface area contributed by atoms with Gasteiger partial charge in [-0.15, -0.1) is 0 Å². The molecule has 0 saturated carbocycles. The molecule has 64 valence electrons. The Bertz CT molecular complexity index is 284. The first kappa shape index (κ1) is 8.71. The minimum absolute atomic E-state index is 0.228. The fraction of sp³-hybridized carbons (Fsp3) is 0.333. The van der Waals surface area contributed by atoms with Gasteiger partial charge < -0.3 is 4.74 Å². The predicted molar refractivity (Wildman–Crippen MR) is 43.4 cm³/mol. The summed E-state index contributed by atoms with van der Waals surface area (Å²) < 4.78 is 6.39. The Morgan fingerprint density at radius 2 is 2.33 bits per heavy atom. The van der Waals surface area contributed by atoms with Gasteiger partial charge in [-0.3, -0.25) is 0 Å². The predicted octanol–water partition coefficient (Wildman–Crippen LogP) is 0.456. The molecule has 3 heteroatoms. The van der Waals surface area contributed by atoms with Crippen molar-refractivity contribution in [3.8, 4) is 0 Å². The highest BCUT2D eigenvalue weighted by Crippen LogP contribution is 1.87. The summed E-state index contributed by atoms with van der Waals surface area (Å²) in [5.74, 6) is -0.228. The van der Waals surface area contributed by atoms with E-state index in [4.69, 9.17) is 0 Å². The van der Waals surface area contributed by atoms with Crippen LogP contribution in [0.15, 0.2) is 24.4 Å². The molecule has 0 bridgehead atoms. The third-order valence-corrected chi connectivity index (χ3v) is 1.69. The lowest BCUT2D eigenvalue weighted by Gasteiger charge is -1.97. The minimum atomic E-state index is -0.228. The van der Waals surface area contributed by atoms with Gasteiger partial charge in [0.2, 0.25) is 6.54 Å². The highest BCUT2D eigenvalue weighted by Gasteiger charge is 2.10. The summed E-state index contributed by atoms with van der Waals surface area (Å²) in [6.45, 7) is 2.23. The molecule has 0 N–H and O–H groups in total. The van der Waals surface area contributed by atoms with E-state index in [2.05, 4.69) is 4.74 Å². The van der Waals surface area contributed by atoms with E-state index in [9.17, 15) is 4.79 Å². The van der Waals surface area contributed by atoms with Crippen molar-refractivity contribution >= 4 is 5.97 Å². The highest BCUT2D eigenvalue weighted by molar-refractivity contribution is 5.67. The Kier molecular flexibility index (Phi) is 2.80. The van der Waals surface area contributed by atoms with Crippen LogP contribution in [0, 0.1) is 6.92 Å². The molecule has 0 amide bonds. The maximum Gasteiger partial charge on any atom is 0.372 e. The molecule has 12 heavy (non-hydrogen) atoms. The van der Waals surface area contributed by atoms with Crippen LogP contribution in [0.1, 0.15) is 5.69 Å². The molecule has 0 saturated heterocycles. The Morgan fingerprint density at radius 3 is 2.92 bits per heavy atom. The van der Waals surface area contributed by atoms with Crippen molar-refractivity contribution in [1.29, 1.82) is 0 Å². The second-order valence-corrected chi connectivity index (χ2v) is 2.55. The van der Waals surface area contributed by atoms with E-state index in [0.29, 0.717) is 0 Å². The third-order valence-electron chi connectivity index (χ3n) is 1.69. The lowest BCUT2D eigenvalue weighted by molar-refractivity contribution is -0.691. The number of methoxy groups -OCH3 is 1. The Morgan fingerprint density at radius 1 is 1.58 bits per heavy atom. The molecular formula is C9H12NO2+. The Labute approximate surface area is 71.6 Å². The van der Waals surface area contributed by atoms with Crippen LogP contribution in [0.4, 0.5) is 0 Å². The van der Waals surface area contributed by atoms with Gasteiger partial charge in [-0.2, -0.15) is 4.57 Å². The van der Waals surface area contributed by atoms with Crippen molar-refractivity contribution in [1.82, 2.24) is 0 Å². The second kappa shape index (κ2) is 3.85. The molecule has 0 aromatic carbocycles. The van der Waals surface area contributed by atoms with E-state index in [1.165, 1.54) is 7.11 Å². The summed E-state index contributed by atoms with van der Waals surface area (Å²) in [4.78, 5) is 10.9. The summed E-state index contributed by atoms with van der Waals surface area (Å²) in [6, 6.07) is 5.77. The summed E-state index contributed by atoms with van der Waals surface area (Å²) in [7, 11) is 1.39. The van der Waals surface area contributed by atoms with E-state index in [0.717, 1.165) is 5.69 Å².